The topological polar surface area (TPSA) is 103 Å². The van der Waals surface area contributed by atoms with Crippen LogP contribution in [-0.2, 0) is 0 Å². The molecule has 0 radical (unpaired) electrons. The molecule has 1 saturated carbocycles. The molecule has 1 aliphatic carbocycles. The van der Waals surface area contributed by atoms with Gasteiger partial charge in [0.05, 0.1) is 17.9 Å². The molecule has 32 heavy (non-hydrogen) atoms. The zero-order valence-electron chi connectivity index (χ0n) is 17.7. The van der Waals surface area contributed by atoms with Crippen molar-refractivity contribution in [2.75, 3.05) is 17.7 Å². The van der Waals surface area contributed by atoms with Gasteiger partial charge in [-0.15, -0.1) is 5.10 Å². The second-order valence-electron chi connectivity index (χ2n) is 8.09. The first-order valence-corrected chi connectivity index (χ1v) is 10.7. The molecule has 8 nitrogen and oxygen atoms in total. The normalized spacial score (nSPS) is 14.8. The zero-order chi connectivity index (χ0) is 22.1. The predicted molar refractivity (Wildman–Crippen MR) is 120 cm³/mol. The fraction of sp³-hybridized carbons (Fsp3) is 0.304. The van der Waals surface area contributed by atoms with Gasteiger partial charge in [-0.25, -0.2) is 13.9 Å². The van der Waals surface area contributed by atoms with Gasteiger partial charge in [-0.3, -0.25) is 0 Å². The van der Waals surface area contributed by atoms with Gasteiger partial charge in [0.2, 0.25) is 0 Å². The quantitative estimate of drug-likeness (QED) is 0.449. The van der Waals surface area contributed by atoms with E-state index in [2.05, 4.69) is 25.4 Å². The maximum absolute atomic E-state index is 13.3. The summed E-state index contributed by atoms with van der Waals surface area (Å²) in [4.78, 5) is 13.6. The molecule has 5 rings (SSSR count). The number of nitrogens with zero attached hydrogens (tertiary/aromatic N) is 5. The van der Waals surface area contributed by atoms with Gasteiger partial charge in [0.1, 0.15) is 11.6 Å². The van der Waals surface area contributed by atoms with E-state index in [1.165, 1.54) is 18.6 Å². The van der Waals surface area contributed by atoms with Crippen LogP contribution in [0.3, 0.4) is 0 Å². The average molecular weight is 433 g/mol. The van der Waals surface area contributed by atoms with E-state index in [0.29, 0.717) is 41.1 Å². The van der Waals surface area contributed by atoms with Crippen molar-refractivity contribution in [3.63, 3.8) is 0 Å². The Bertz CT molecular complexity index is 1240. The number of nitrogens with one attached hydrogen (secondary N) is 1. The van der Waals surface area contributed by atoms with E-state index in [1.807, 2.05) is 6.92 Å². The molecule has 1 aliphatic rings. The maximum atomic E-state index is 13.3. The molecular weight excluding hydrogens is 409 g/mol. The Hall–Kier alpha value is -3.75. The number of fused-ring (bicyclic) bond motifs is 1. The van der Waals surface area contributed by atoms with E-state index in [9.17, 15) is 4.39 Å². The van der Waals surface area contributed by atoms with Crippen LogP contribution >= 0.6 is 0 Å². The van der Waals surface area contributed by atoms with Gasteiger partial charge in [-0.05, 0) is 49.4 Å². The van der Waals surface area contributed by atoms with Crippen LogP contribution in [0.2, 0.25) is 0 Å². The molecule has 0 spiro atoms. The molecule has 3 heterocycles. The number of nitrogens with two attached hydrogens (primary N) is 1. The smallest absolute Gasteiger partial charge is 0.318 e. The number of halogens is 1. The zero-order valence-corrected chi connectivity index (χ0v) is 17.7. The van der Waals surface area contributed by atoms with E-state index in [0.717, 1.165) is 18.4 Å². The minimum Gasteiger partial charge on any atom is -0.463 e. The third kappa shape index (κ3) is 4.05. The minimum atomic E-state index is -0.270. The number of nitrogen functional groups attached to an aromatic ring is 1. The predicted octanol–water partition coefficient (Wildman–Crippen LogP) is 4.26. The van der Waals surface area contributed by atoms with Gasteiger partial charge in [0.25, 0.3) is 0 Å². The number of hydrogen-bond acceptors (Lipinski definition) is 7. The molecular formula is C23H24FN7O. The molecule has 1 aromatic carbocycles. The molecule has 9 heteroatoms. The Morgan fingerprint density at radius 2 is 2.06 bits per heavy atom. The molecule has 0 aliphatic heterocycles. The van der Waals surface area contributed by atoms with E-state index >= 15 is 0 Å². The summed E-state index contributed by atoms with van der Waals surface area (Å²) in [5, 5.41) is 7.70. The van der Waals surface area contributed by atoms with Crippen LogP contribution in [0.25, 0.3) is 16.9 Å². The molecule has 0 unspecified atom stereocenters. The Labute approximate surface area is 184 Å². The Morgan fingerprint density at radius 3 is 2.81 bits per heavy atom. The van der Waals surface area contributed by atoms with Crippen LogP contribution in [-0.4, -0.2) is 31.2 Å². The summed E-state index contributed by atoms with van der Waals surface area (Å²) in [5.74, 6) is 1.17. The third-order valence-corrected chi connectivity index (χ3v) is 5.79. The average Bonchev–Trinajstić information content (AvgIpc) is 3.08. The Balaban J connectivity index is 1.50. The first-order valence-electron chi connectivity index (χ1n) is 10.7. The molecule has 0 saturated heterocycles. The van der Waals surface area contributed by atoms with Crippen molar-refractivity contribution in [2.24, 2.45) is 5.92 Å². The van der Waals surface area contributed by atoms with Crippen LogP contribution < -0.4 is 15.8 Å². The number of aromatic nitrogens is 5. The fourth-order valence-corrected chi connectivity index (χ4v) is 3.75. The Kier molecular flexibility index (Phi) is 5.30. The highest BCUT2D eigenvalue weighted by atomic mass is 19.1. The number of anilines is 2. The highest BCUT2D eigenvalue weighted by Crippen LogP contribution is 2.32. The number of benzene rings is 1. The van der Waals surface area contributed by atoms with Gasteiger partial charge < -0.3 is 15.8 Å². The molecule has 3 N–H and O–H groups in total. The molecule has 164 valence electrons. The van der Waals surface area contributed by atoms with Crippen molar-refractivity contribution >= 4 is 17.3 Å². The van der Waals surface area contributed by atoms with Crippen molar-refractivity contribution in [1.82, 2.24) is 24.6 Å². The minimum absolute atomic E-state index is 0.114. The summed E-state index contributed by atoms with van der Waals surface area (Å²) in [6.45, 7) is 2.56. The molecule has 1 atom stereocenters. The SMILES string of the molecule is C[C@H](Nc1cc(-c2c(N)nn3cccnc23)nc(OCC2CCC2)n1)c1ccc(F)cc1. The Morgan fingerprint density at radius 1 is 1.25 bits per heavy atom. The highest BCUT2D eigenvalue weighted by molar-refractivity contribution is 5.85. The monoisotopic (exact) mass is 433 g/mol. The summed E-state index contributed by atoms with van der Waals surface area (Å²) in [6, 6.07) is 10.1. The molecule has 3 aromatic heterocycles. The second kappa shape index (κ2) is 8.41. The number of hydrogen-bond donors (Lipinski definition) is 2. The van der Waals surface area contributed by atoms with Crippen LogP contribution in [0.15, 0.2) is 48.8 Å². The van der Waals surface area contributed by atoms with Gasteiger partial charge in [-0.2, -0.15) is 9.97 Å². The van der Waals surface area contributed by atoms with Crippen LogP contribution in [0, 0.1) is 11.7 Å². The fourth-order valence-electron chi connectivity index (χ4n) is 3.75. The largest absolute Gasteiger partial charge is 0.463 e. The van der Waals surface area contributed by atoms with Gasteiger partial charge in [0.15, 0.2) is 11.5 Å². The van der Waals surface area contributed by atoms with Crippen molar-refractivity contribution in [2.45, 2.75) is 32.2 Å². The van der Waals surface area contributed by atoms with E-state index in [-0.39, 0.29) is 17.9 Å². The summed E-state index contributed by atoms with van der Waals surface area (Å²) in [6.07, 6.45) is 7.04. The van der Waals surface area contributed by atoms with Crippen LogP contribution in [0.4, 0.5) is 16.0 Å². The van der Waals surface area contributed by atoms with E-state index in [1.54, 1.807) is 41.2 Å². The highest BCUT2D eigenvalue weighted by Gasteiger charge is 2.21. The van der Waals surface area contributed by atoms with Gasteiger partial charge >= 0.3 is 6.01 Å². The lowest BCUT2D eigenvalue weighted by Crippen LogP contribution is -2.20. The van der Waals surface area contributed by atoms with Gasteiger partial charge in [-0.1, -0.05) is 18.6 Å². The van der Waals surface area contributed by atoms with Crippen molar-refractivity contribution < 1.29 is 9.13 Å². The van der Waals surface area contributed by atoms with Gasteiger partial charge in [0, 0.05) is 24.5 Å². The standard InChI is InChI=1S/C23H24FN7O/c1-14(16-6-8-17(24)9-7-16)27-19-12-18(28-23(29-19)32-13-15-4-2-5-15)20-21(25)30-31-11-3-10-26-22(20)31/h3,6-12,14-15H,2,4-5,13H2,1H3,(H2,25,30)(H,27,28,29)/t14-/m0/s1. The summed E-state index contributed by atoms with van der Waals surface area (Å²) in [5.41, 5.74) is 8.95. The molecule has 4 aromatic rings. The molecule has 0 bridgehead atoms. The summed E-state index contributed by atoms with van der Waals surface area (Å²) >= 11 is 0. The number of rotatable bonds is 7. The lowest BCUT2D eigenvalue weighted by Gasteiger charge is -2.24. The lowest BCUT2D eigenvalue weighted by atomic mass is 9.86. The first-order chi connectivity index (χ1) is 15.6. The summed E-state index contributed by atoms with van der Waals surface area (Å²) < 4.78 is 20.9. The first kappa shape index (κ1) is 20.2. The molecule has 1 fully saturated rings. The van der Waals surface area contributed by atoms with Crippen molar-refractivity contribution in [3.05, 3.63) is 60.2 Å². The second-order valence-corrected chi connectivity index (χ2v) is 8.09. The van der Waals surface area contributed by atoms with Crippen molar-refractivity contribution in [3.8, 4) is 17.3 Å². The van der Waals surface area contributed by atoms with Crippen molar-refractivity contribution in [1.29, 1.82) is 0 Å². The third-order valence-electron chi connectivity index (χ3n) is 5.79. The summed E-state index contributed by atoms with van der Waals surface area (Å²) in [7, 11) is 0. The lowest BCUT2D eigenvalue weighted by molar-refractivity contribution is 0.170. The van der Waals surface area contributed by atoms with E-state index < -0.39 is 0 Å². The molecule has 0 amide bonds. The maximum Gasteiger partial charge on any atom is 0.318 e. The number of ether oxygens (including phenoxy) is 1. The van der Waals surface area contributed by atoms with Crippen LogP contribution in [0.1, 0.15) is 37.8 Å². The van der Waals surface area contributed by atoms with Crippen LogP contribution in [0.5, 0.6) is 6.01 Å². The van der Waals surface area contributed by atoms with E-state index in [4.69, 9.17) is 10.5 Å².